The molecule has 16 heavy (non-hydrogen) atoms. The summed E-state index contributed by atoms with van der Waals surface area (Å²) in [6.07, 6.45) is 3.02. The van der Waals surface area contributed by atoms with Gasteiger partial charge in [0.25, 0.3) is 5.91 Å². The van der Waals surface area contributed by atoms with E-state index in [-0.39, 0.29) is 12.0 Å². The first kappa shape index (κ1) is 11.1. The van der Waals surface area contributed by atoms with E-state index in [1.807, 2.05) is 13.0 Å². The van der Waals surface area contributed by atoms with E-state index < -0.39 is 0 Å². The summed E-state index contributed by atoms with van der Waals surface area (Å²) in [6.45, 7) is 2.53. The first-order chi connectivity index (χ1) is 7.65. The van der Waals surface area contributed by atoms with Crippen molar-refractivity contribution in [3.05, 3.63) is 29.6 Å². The standard InChI is InChI=1S/C12H16N2O2/c1-8-2-3-10(7-13-8)12(16)14-6-9-4-11(15)5-9/h2-3,7,9,11,15H,4-6H2,1H3,(H,14,16). The van der Waals surface area contributed by atoms with E-state index in [1.54, 1.807) is 12.3 Å². The first-order valence-electron chi connectivity index (χ1n) is 5.54. The number of hydrogen-bond donors (Lipinski definition) is 2. The molecule has 4 nitrogen and oxygen atoms in total. The molecule has 4 heteroatoms. The minimum Gasteiger partial charge on any atom is -0.393 e. The molecule has 1 aliphatic carbocycles. The molecule has 0 saturated heterocycles. The summed E-state index contributed by atoms with van der Waals surface area (Å²) in [7, 11) is 0. The van der Waals surface area contributed by atoms with E-state index in [9.17, 15) is 4.79 Å². The predicted octanol–water partition coefficient (Wildman–Crippen LogP) is 0.891. The van der Waals surface area contributed by atoms with Crippen molar-refractivity contribution < 1.29 is 9.90 Å². The van der Waals surface area contributed by atoms with Crippen LogP contribution in [0, 0.1) is 12.8 Å². The summed E-state index contributed by atoms with van der Waals surface area (Å²) in [4.78, 5) is 15.7. The minimum atomic E-state index is -0.164. The van der Waals surface area contributed by atoms with Crippen molar-refractivity contribution in [2.45, 2.75) is 25.9 Å². The van der Waals surface area contributed by atoms with Gasteiger partial charge in [0.05, 0.1) is 11.7 Å². The van der Waals surface area contributed by atoms with Gasteiger partial charge in [-0.1, -0.05) is 0 Å². The van der Waals surface area contributed by atoms with Gasteiger partial charge in [-0.3, -0.25) is 9.78 Å². The summed E-state index contributed by atoms with van der Waals surface area (Å²) in [5.41, 5.74) is 1.49. The molecule has 1 fully saturated rings. The second-order valence-corrected chi connectivity index (χ2v) is 4.39. The zero-order valence-corrected chi connectivity index (χ0v) is 9.31. The highest BCUT2D eigenvalue weighted by Crippen LogP contribution is 2.26. The maximum absolute atomic E-state index is 11.7. The molecule has 1 aromatic rings. The summed E-state index contributed by atoms with van der Waals surface area (Å²) >= 11 is 0. The molecule has 0 aliphatic heterocycles. The zero-order chi connectivity index (χ0) is 11.5. The van der Waals surface area contributed by atoms with Gasteiger partial charge in [0, 0.05) is 18.4 Å². The highest BCUT2D eigenvalue weighted by Gasteiger charge is 2.27. The number of nitrogens with one attached hydrogen (secondary N) is 1. The van der Waals surface area contributed by atoms with Gasteiger partial charge in [-0.25, -0.2) is 0 Å². The van der Waals surface area contributed by atoms with Crippen LogP contribution in [0.15, 0.2) is 18.3 Å². The smallest absolute Gasteiger partial charge is 0.252 e. The summed E-state index contributed by atoms with van der Waals surface area (Å²) in [5, 5.41) is 12.0. The number of aryl methyl sites for hydroxylation is 1. The van der Waals surface area contributed by atoms with Crippen LogP contribution in [0.1, 0.15) is 28.9 Å². The fourth-order valence-electron chi connectivity index (χ4n) is 1.81. The minimum absolute atomic E-state index is 0.0890. The summed E-state index contributed by atoms with van der Waals surface area (Å²) < 4.78 is 0. The maximum Gasteiger partial charge on any atom is 0.252 e. The molecule has 0 bridgehead atoms. The molecule has 1 aromatic heterocycles. The Morgan fingerprint density at radius 3 is 2.88 bits per heavy atom. The van der Waals surface area contributed by atoms with Crippen LogP contribution in [0.2, 0.25) is 0 Å². The van der Waals surface area contributed by atoms with Crippen molar-refractivity contribution in [1.29, 1.82) is 0 Å². The van der Waals surface area contributed by atoms with Gasteiger partial charge in [-0.15, -0.1) is 0 Å². The van der Waals surface area contributed by atoms with Gasteiger partial charge < -0.3 is 10.4 Å². The van der Waals surface area contributed by atoms with Gasteiger partial charge >= 0.3 is 0 Å². The van der Waals surface area contributed by atoms with Gasteiger partial charge in [-0.05, 0) is 37.8 Å². The van der Waals surface area contributed by atoms with E-state index in [1.165, 1.54) is 0 Å². The third-order valence-electron chi connectivity index (χ3n) is 2.94. The van der Waals surface area contributed by atoms with Crippen LogP contribution >= 0.6 is 0 Å². The van der Waals surface area contributed by atoms with Crippen LogP contribution in [-0.4, -0.2) is 28.6 Å². The van der Waals surface area contributed by atoms with E-state index >= 15 is 0 Å². The number of hydrogen-bond acceptors (Lipinski definition) is 3. The van der Waals surface area contributed by atoms with Crippen LogP contribution in [0.4, 0.5) is 0 Å². The molecule has 0 atom stereocenters. The molecule has 1 aliphatic rings. The molecule has 1 heterocycles. The monoisotopic (exact) mass is 220 g/mol. The lowest BCUT2D eigenvalue weighted by atomic mass is 9.82. The van der Waals surface area contributed by atoms with Crippen LogP contribution in [0.3, 0.4) is 0 Å². The highest BCUT2D eigenvalue weighted by atomic mass is 16.3. The average Bonchev–Trinajstić information content (AvgIpc) is 2.23. The van der Waals surface area contributed by atoms with Gasteiger partial charge in [0.2, 0.25) is 0 Å². The summed E-state index contributed by atoms with van der Waals surface area (Å²) in [5.74, 6) is 0.339. The Morgan fingerprint density at radius 1 is 1.56 bits per heavy atom. The second kappa shape index (κ2) is 4.61. The molecular weight excluding hydrogens is 204 g/mol. The van der Waals surface area contributed by atoms with Crippen molar-refractivity contribution in [2.75, 3.05) is 6.54 Å². The lowest BCUT2D eigenvalue weighted by Crippen LogP contribution is -2.38. The van der Waals surface area contributed by atoms with Gasteiger partial charge in [-0.2, -0.15) is 0 Å². The number of aliphatic hydroxyl groups excluding tert-OH is 1. The van der Waals surface area contributed by atoms with Crippen molar-refractivity contribution in [3.8, 4) is 0 Å². The Kier molecular flexibility index (Phi) is 3.19. The van der Waals surface area contributed by atoms with Crippen molar-refractivity contribution in [1.82, 2.24) is 10.3 Å². The predicted molar refractivity (Wildman–Crippen MR) is 60.0 cm³/mol. The van der Waals surface area contributed by atoms with Gasteiger partial charge in [0.15, 0.2) is 0 Å². The van der Waals surface area contributed by atoms with Crippen LogP contribution in [0.5, 0.6) is 0 Å². The number of amides is 1. The maximum atomic E-state index is 11.7. The number of aromatic nitrogens is 1. The summed E-state index contributed by atoms with van der Waals surface area (Å²) in [6, 6.07) is 3.59. The van der Waals surface area contributed by atoms with E-state index in [0.29, 0.717) is 18.0 Å². The Hall–Kier alpha value is -1.42. The molecule has 86 valence electrons. The molecule has 0 radical (unpaired) electrons. The number of aliphatic hydroxyl groups is 1. The molecule has 1 amide bonds. The highest BCUT2D eigenvalue weighted by molar-refractivity contribution is 5.93. The Labute approximate surface area is 94.7 Å². The molecule has 0 unspecified atom stereocenters. The number of pyridine rings is 1. The second-order valence-electron chi connectivity index (χ2n) is 4.39. The molecule has 2 N–H and O–H groups in total. The quantitative estimate of drug-likeness (QED) is 0.795. The molecule has 0 spiro atoms. The van der Waals surface area contributed by atoms with Gasteiger partial charge in [0.1, 0.15) is 0 Å². The molecular formula is C12H16N2O2. The zero-order valence-electron chi connectivity index (χ0n) is 9.31. The van der Waals surface area contributed by atoms with Crippen molar-refractivity contribution in [3.63, 3.8) is 0 Å². The Balaban J connectivity index is 1.81. The molecule has 1 saturated carbocycles. The number of carbonyl (C=O) groups is 1. The third kappa shape index (κ3) is 2.58. The number of carbonyl (C=O) groups excluding carboxylic acids is 1. The lowest BCUT2D eigenvalue weighted by molar-refractivity contribution is 0.0420. The lowest BCUT2D eigenvalue weighted by Gasteiger charge is -2.31. The fraction of sp³-hybridized carbons (Fsp3) is 0.500. The Bertz CT molecular complexity index is 369. The molecule has 0 aromatic carbocycles. The molecule has 2 rings (SSSR count). The Morgan fingerprint density at radius 2 is 2.31 bits per heavy atom. The average molecular weight is 220 g/mol. The normalized spacial score (nSPS) is 23.6. The number of nitrogens with zero attached hydrogens (tertiary/aromatic N) is 1. The SMILES string of the molecule is Cc1ccc(C(=O)NCC2CC(O)C2)cn1. The van der Waals surface area contributed by atoms with Crippen LogP contribution in [-0.2, 0) is 0 Å². The van der Waals surface area contributed by atoms with E-state index in [2.05, 4.69) is 10.3 Å². The van der Waals surface area contributed by atoms with Crippen molar-refractivity contribution in [2.24, 2.45) is 5.92 Å². The number of rotatable bonds is 3. The van der Waals surface area contributed by atoms with Crippen molar-refractivity contribution >= 4 is 5.91 Å². The fourth-order valence-corrected chi connectivity index (χ4v) is 1.81. The van der Waals surface area contributed by atoms with E-state index in [4.69, 9.17) is 5.11 Å². The van der Waals surface area contributed by atoms with E-state index in [0.717, 1.165) is 18.5 Å². The largest absolute Gasteiger partial charge is 0.393 e. The van der Waals surface area contributed by atoms with Crippen LogP contribution in [0.25, 0.3) is 0 Å². The first-order valence-corrected chi connectivity index (χ1v) is 5.54. The van der Waals surface area contributed by atoms with Crippen LogP contribution < -0.4 is 5.32 Å². The topological polar surface area (TPSA) is 62.2 Å². The third-order valence-corrected chi connectivity index (χ3v) is 2.94.